The Morgan fingerprint density at radius 1 is 1.09 bits per heavy atom. The predicted octanol–water partition coefficient (Wildman–Crippen LogP) is 4.84. The smallest absolute Gasteiger partial charge is 0.311 e. The molecule has 1 fully saturated rings. The zero-order chi connectivity index (χ0) is 24.2. The third-order valence-electron chi connectivity index (χ3n) is 6.46. The number of piperidine rings is 1. The van der Waals surface area contributed by atoms with Gasteiger partial charge in [0.2, 0.25) is 0 Å². The van der Waals surface area contributed by atoms with Crippen LogP contribution in [-0.4, -0.2) is 42.1 Å². The molecule has 1 aliphatic carbocycles. The SMILES string of the molecule is COC(=O)[C@@H]1C[C@H]2C=C[C@]1(Br)C(=O)N2S(=O)(=O)c1c(C(C)C)cc(C(C)C)cc1C(C)C. The van der Waals surface area contributed by atoms with Crippen molar-refractivity contribution >= 4 is 37.8 Å². The minimum Gasteiger partial charge on any atom is -0.469 e. The molecule has 0 spiro atoms. The molecule has 3 aliphatic rings. The standard InChI is InChI=1S/C24H32BrNO5S/c1-13(2)16-10-18(14(3)4)21(19(11-16)15(5)6)32(29,30)26-17-8-9-24(25,23(26)28)20(12-17)22(27)31-7/h8-11,13-15,17,20H,12H2,1-7H3/t17-,20+,24-/m1/s1. The highest BCUT2D eigenvalue weighted by Gasteiger charge is 2.60. The van der Waals surface area contributed by atoms with Crippen molar-refractivity contribution in [3.8, 4) is 0 Å². The molecule has 8 heteroatoms. The van der Waals surface area contributed by atoms with Crippen LogP contribution in [0.25, 0.3) is 0 Å². The molecule has 32 heavy (non-hydrogen) atoms. The molecule has 1 amide bonds. The maximum absolute atomic E-state index is 14.1. The van der Waals surface area contributed by atoms with Crippen molar-refractivity contribution in [3.05, 3.63) is 41.0 Å². The van der Waals surface area contributed by atoms with Crippen LogP contribution in [0.5, 0.6) is 0 Å². The first-order valence-corrected chi connectivity index (χ1v) is 13.2. The third-order valence-corrected chi connectivity index (χ3v) is 9.55. The fourth-order valence-electron chi connectivity index (χ4n) is 4.56. The van der Waals surface area contributed by atoms with E-state index in [2.05, 4.69) is 29.8 Å². The lowest BCUT2D eigenvalue weighted by atomic mass is 9.77. The molecule has 2 heterocycles. The van der Waals surface area contributed by atoms with Crippen LogP contribution in [0.1, 0.15) is 82.4 Å². The van der Waals surface area contributed by atoms with Gasteiger partial charge in [0.15, 0.2) is 0 Å². The maximum Gasteiger partial charge on any atom is 0.311 e. The first-order valence-electron chi connectivity index (χ1n) is 11.0. The van der Waals surface area contributed by atoms with Gasteiger partial charge in [0.05, 0.1) is 24.0 Å². The summed E-state index contributed by atoms with van der Waals surface area (Å²) in [5.41, 5.74) is 2.50. The number of amides is 1. The number of carbonyl (C=O) groups is 2. The van der Waals surface area contributed by atoms with Gasteiger partial charge < -0.3 is 4.74 Å². The molecule has 2 aliphatic heterocycles. The van der Waals surface area contributed by atoms with Gasteiger partial charge in [-0.15, -0.1) is 0 Å². The minimum absolute atomic E-state index is 0.0515. The van der Waals surface area contributed by atoms with Gasteiger partial charge in [-0.2, -0.15) is 0 Å². The highest BCUT2D eigenvalue weighted by atomic mass is 79.9. The summed E-state index contributed by atoms with van der Waals surface area (Å²) in [5, 5.41) is 0. The first-order chi connectivity index (χ1) is 14.8. The van der Waals surface area contributed by atoms with E-state index in [0.717, 1.165) is 9.87 Å². The molecule has 1 aromatic carbocycles. The summed E-state index contributed by atoms with van der Waals surface area (Å²) in [5.74, 6) is -1.82. The van der Waals surface area contributed by atoms with E-state index in [1.807, 2.05) is 39.8 Å². The average Bonchev–Trinajstić information content (AvgIpc) is 2.72. The van der Waals surface area contributed by atoms with E-state index in [1.165, 1.54) is 7.11 Å². The second kappa shape index (κ2) is 8.60. The summed E-state index contributed by atoms with van der Waals surface area (Å²) in [6.45, 7) is 12.0. The van der Waals surface area contributed by atoms with Crippen LogP contribution < -0.4 is 0 Å². The van der Waals surface area contributed by atoms with Gasteiger partial charge in [-0.3, -0.25) is 9.59 Å². The number of fused-ring (bicyclic) bond motifs is 2. The van der Waals surface area contributed by atoms with E-state index in [4.69, 9.17) is 4.74 Å². The number of ether oxygens (including phenoxy) is 1. The quantitative estimate of drug-likeness (QED) is 0.301. The number of nitrogens with zero attached hydrogens (tertiary/aromatic N) is 1. The number of halogens is 1. The Labute approximate surface area is 199 Å². The van der Waals surface area contributed by atoms with Gasteiger partial charge in [0.25, 0.3) is 15.9 Å². The van der Waals surface area contributed by atoms with Gasteiger partial charge in [-0.25, -0.2) is 12.7 Å². The Hall–Kier alpha value is -1.67. The van der Waals surface area contributed by atoms with Crippen LogP contribution in [0, 0.1) is 5.92 Å². The molecule has 6 nitrogen and oxygen atoms in total. The monoisotopic (exact) mass is 525 g/mol. The number of sulfonamides is 1. The van der Waals surface area contributed by atoms with Crippen molar-refractivity contribution in [1.29, 1.82) is 0 Å². The van der Waals surface area contributed by atoms with Crippen molar-refractivity contribution in [3.63, 3.8) is 0 Å². The lowest BCUT2D eigenvalue weighted by Crippen LogP contribution is -2.64. The highest BCUT2D eigenvalue weighted by Crippen LogP contribution is 2.48. The summed E-state index contributed by atoms with van der Waals surface area (Å²) in [6, 6.07) is 3.18. The van der Waals surface area contributed by atoms with Gasteiger partial charge in [-0.1, -0.05) is 81.8 Å². The number of rotatable bonds is 6. The zero-order valence-corrected chi connectivity index (χ0v) is 22.1. The largest absolute Gasteiger partial charge is 0.469 e. The molecule has 176 valence electrons. The number of hydrogen-bond acceptors (Lipinski definition) is 5. The fourth-order valence-corrected chi connectivity index (χ4v) is 7.65. The van der Waals surface area contributed by atoms with Gasteiger partial charge in [-0.05, 0) is 40.9 Å². The molecule has 4 rings (SSSR count). The van der Waals surface area contributed by atoms with Crippen LogP contribution in [0.2, 0.25) is 0 Å². The van der Waals surface area contributed by atoms with Gasteiger partial charge in [0.1, 0.15) is 4.32 Å². The number of esters is 1. The molecule has 3 atom stereocenters. The number of benzene rings is 1. The molecule has 0 N–H and O–H groups in total. The van der Waals surface area contributed by atoms with Crippen LogP contribution in [0.3, 0.4) is 0 Å². The fraction of sp³-hybridized carbons (Fsp3) is 0.583. The highest BCUT2D eigenvalue weighted by molar-refractivity contribution is 9.10. The second-order valence-electron chi connectivity index (χ2n) is 9.60. The number of carbonyl (C=O) groups excluding carboxylic acids is 2. The van der Waals surface area contributed by atoms with E-state index in [9.17, 15) is 18.0 Å². The minimum atomic E-state index is -4.18. The summed E-state index contributed by atoms with van der Waals surface area (Å²) in [7, 11) is -2.91. The van der Waals surface area contributed by atoms with E-state index < -0.39 is 38.2 Å². The second-order valence-corrected chi connectivity index (χ2v) is 12.7. The van der Waals surface area contributed by atoms with Crippen LogP contribution >= 0.6 is 15.9 Å². The summed E-state index contributed by atoms with van der Waals surface area (Å²) < 4.78 is 32.7. The summed E-state index contributed by atoms with van der Waals surface area (Å²) in [4.78, 5) is 26.1. The van der Waals surface area contributed by atoms with E-state index in [-0.39, 0.29) is 29.1 Å². The molecule has 2 bridgehead atoms. The van der Waals surface area contributed by atoms with Crippen molar-refractivity contribution in [2.45, 2.75) is 81.0 Å². The molecule has 0 radical (unpaired) electrons. The normalized spacial score (nSPS) is 25.3. The Morgan fingerprint density at radius 2 is 1.62 bits per heavy atom. The Bertz CT molecular complexity index is 1050. The predicted molar refractivity (Wildman–Crippen MR) is 127 cm³/mol. The zero-order valence-electron chi connectivity index (χ0n) is 19.7. The number of hydrogen-bond donors (Lipinski definition) is 0. The van der Waals surface area contributed by atoms with Crippen molar-refractivity contribution in [2.75, 3.05) is 7.11 Å². The van der Waals surface area contributed by atoms with Crippen LogP contribution in [-0.2, 0) is 24.3 Å². The van der Waals surface area contributed by atoms with Gasteiger partial charge in [0, 0.05) is 0 Å². The summed E-state index contributed by atoms with van der Waals surface area (Å²) in [6.07, 6.45) is 3.46. The van der Waals surface area contributed by atoms with E-state index >= 15 is 0 Å². The number of alkyl halides is 1. The van der Waals surface area contributed by atoms with Crippen molar-refractivity contribution in [1.82, 2.24) is 4.31 Å². The molecular weight excluding hydrogens is 494 g/mol. The molecule has 1 saturated heterocycles. The van der Waals surface area contributed by atoms with E-state index in [1.54, 1.807) is 12.2 Å². The molecule has 0 saturated carbocycles. The number of methoxy groups -OCH3 is 1. The maximum atomic E-state index is 14.1. The third kappa shape index (κ3) is 3.83. The topological polar surface area (TPSA) is 80.8 Å². The Morgan fingerprint density at radius 3 is 2.06 bits per heavy atom. The molecule has 1 aromatic rings. The lowest BCUT2D eigenvalue weighted by Gasteiger charge is -2.47. The van der Waals surface area contributed by atoms with Crippen molar-refractivity contribution < 1.29 is 22.7 Å². The van der Waals surface area contributed by atoms with E-state index in [0.29, 0.717) is 11.1 Å². The molecule has 0 aromatic heterocycles. The average molecular weight is 526 g/mol. The Kier molecular flexibility index (Phi) is 6.71. The van der Waals surface area contributed by atoms with Crippen LogP contribution in [0.15, 0.2) is 29.2 Å². The lowest BCUT2D eigenvalue weighted by molar-refractivity contribution is -0.153. The molecular formula is C24H32BrNO5S. The molecule has 0 unspecified atom stereocenters. The van der Waals surface area contributed by atoms with Crippen molar-refractivity contribution in [2.24, 2.45) is 5.92 Å². The van der Waals surface area contributed by atoms with Crippen LogP contribution in [0.4, 0.5) is 0 Å². The van der Waals surface area contributed by atoms with Gasteiger partial charge >= 0.3 is 5.97 Å². The first kappa shape index (κ1) is 25.0. The Balaban J connectivity index is 2.23. The summed E-state index contributed by atoms with van der Waals surface area (Å²) >= 11 is 3.39.